The van der Waals surface area contributed by atoms with Gasteiger partial charge in [-0.25, -0.2) is 4.98 Å². The molecule has 0 aliphatic rings. The van der Waals surface area contributed by atoms with Gasteiger partial charge in [0.2, 0.25) is 9.74 Å². The lowest BCUT2D eigenvalue weighted by atomic mass is 10.2. The van der Waals surface area contributed by atoms with E-state index in [1.54, 1.807) is 7.11 Å². The van der Waals surface area contributed by atoms with Gasteiger partial charge in [0, 0.05) is 12.1 Å². The molecule has 0 spiro atoms. The smallest absolute Gasteiger partial charge is 0.250 e. The van der Waals surface area contributed by atoms with Crippen LogP contribution in [0.25, 0.3) is 11.4 Å². The number of rotatable bonds is 7. The van der Waals surface area contributed by atoms with Crippen molar-refractivity contribution in [1.29, 1.82) is 0 Å². The first-order valence-corrected chi connectivity index (χ1v) is 8.79. The number of ether oxygens (including phenoxy) is 1. The van der Waals surface area contributed by atoms with Crippen LogP contribution in [0.1, 0.15) is 12.2 Å². The van der Waals surface area contributed by atoms with E-state index >= 15 is 0 Å². The first kappa shape index (κ1) is 20.0. The van der Waals surface area contributed by atoms with Gasteiger partial charge in [-0.3, -0.25) is 0 Å². The predicted molar refractivity (Wildman–Crippen MR) is 103 cm³/mol. The molecule has 0 fully saturated rings. The molecule has 0 atom stereocenters. The number of hydrogen-bond donors (Lipinski definition) is 1. The van der Waals surface area contributed by atoms with Crippen LogP contribution in [0.4, 0.5) is 5.95 Å². The average molecular weight is 405 g/mol. The van der Waals surface area contributed by atoms with E-state index in [1.165, 1.54) is 0 Å². The first-order chi connectivity index (χ1) is 11.8. The van der Waals surface area contributed by atoms with Crippen LogP contribution in [-0.2, 0) is 3.79 Å². The number of nitrogens with zero attached hydrogens (tertiary/aromatic N) is 4. The Labute approximate surface area is 162 Å². The highest BCUT2D eigenvalue weighted by atomic mass is 35.6. The standard InChI is InChI=1S/C16H20Cl3N5O/c1-24(2)9-5-8-20-15-22-13(21-14(23-15)16(17,18)19)11-6-4-7-12(10-11)25-3/h4,6-7,10H,5,8-9H2,1-3H3,(H,20,21,22,23). The normalized spacial score (nSPS) is 11.6. The molecule has 1 N–H and O–H groups in total. The Bertz CT molecular complexity index is 706. The molecule has 0 saturated heterocycles. The zero-order valence-electron chi connectivity index (χ0n) is 14.3. The molecule has 0 bridgehead atoms. The summed E-state index contributed by atoms with van der Waals surface area (Å²) in [5.41, 5.74) is 0.744. The summed E-state index contributed by atoms with van der Waals surface area (Å²) >= 11 is 17.9. The minimum absolute atomic E-state index is 0.0698. The maximum absolute atomic E-state index is 5.97. The Kier molecular flexibility index (Phi) is 7.07. The van der Waals surface area contributed by atoms with Crippen molar-refractivity contribution in [2.45, 2.75) is 10.2 Å². The third-order valence-electron chi connectivity index (χ3n) is 3.28. The largest absolute Gasteiger partial charge is 0.497 e. The zero-order valence-corrected chi connectivity index (χ0v) is 16.5. The molecule has 2 rings (SSSR count). The van der Waals surface area contributed by atoms with Gasteiger partial charge < -0.3 is 15.0 Å². The first-order valence-electron chi connectivity index (χ1n) is 7.66. The summed E-state index contributed by atoms with van der Waals surface area (Å²) in [5.74, 6) is 1.53. The van der Waals surface area contributed by atoms with Crippen LogP contribution in [0, 0.1) is 0 Å². The number of hydrogen-bond acceptors (Lipinski definition) is 6. The van der Waals surface area contributed by atoms with Crippen molar-refractivity contribution >= 4 is 40.8 Å². The van der Waals surface area contributed by atoms with Gasteiger partial charge in [-0.15, -0.1) is 0 Å². The van der Waals surface area contributed by atoms with Crippen molar-refractivity contribution in [2.24, 2.45) is 0 Å². The summed E-state index contributed by atoms with van der Waals surface area (Å²) in [6.07, 6.45) is 0.927. The molecule has 0 unspecified atom stereocenters. The average Bonchev–Trinajstić information content (AvgIpc) is 2.57. The van der Waals surface area contributed by atoms with E-state index in [-0.39, 0.29) is 5.82 Å². The second kappa shape index (κ2) is 8.85. The fourth-order valence-electron chi connectivity index (χ4n) is 2.07. The fraction of sp³-hybridized carbons (Fsp3) is 0.438. The number of anilines is 1. The third-order valence-corrected chi connectivity index (χ3v) is 3.79. The van der Waals surface area contributed by atoms with E-state index in [1.807, 2.05) is 38.4 Å². The summed E-state index contributed by atoms with van der Waals surface area (Å²) in [4.78, 5) is 15.0. The highest BCUT2D eigenvalue weighted by Crippen LogP contribution is 2.37. The van der Waals surface area contributed by atoms with E-state index in [0.29, 0.717) is 24.1 Å². The van der Waals surface area contributed by atoms with Crippen LogP contribution in [0.15, 0.2) is 24.3 Å². The molecule has 136 valence electrons. The summed E-state index contributed by atoms with van der Waals surface area (Å²) in [5, 5.41) is 3.16. The highest BCUT2D eigenvalue weighted by molar-refractivity contribution is 6.66. The Morgan fingerprint density at radius 3 is 2.56 bits per heavy atom. The lowest BCUT2D eigenvalue weighted by Gasteiger charge is -2.14. The van der Waals surface area contributed by atoms with E-state index in [4.69, 9.17) is 39.5 Å². The molecule has 0 radical (unpaired) electrons. The zero-order chi connectivity index (χ0) is 18.4. The maximum Gasteiger partial charge on any atom is 0.250 e. The molecular formula is C16H20Cl3N5O. The van der Waals surface area contributed by atoms with Crippen LogP contribution in [0.3, 0.4) is 0 Å². The number of halogens is 3. The van der Waals surface area contributed by atoms with Crippen LogP contribution in [0.5, 0.6) is 5.75 Å². The van der Waals surface area contributed by atoms with Gasteiger partial charge >= 0.3 is 0 Å². The number of nitrogens with one attached hydrogen (secondary N) is 1. The fourth-order valence-corrected chi connectivity index (χ4v) is 2.32. The number of methoxy groups -OCH3 is 1. The summed E-state index contributed by atoms with van der Waals surface area (Å²) in [6.45, 7) is 1.64. The number of alkyl halides is 3. The van der Waals surface area contributed by atoms with Gasteiger partial charge in [0.25, 0.3) is 0 Å². The molecule has 6 nitrogen and oxygen atoms in total. The van der Waals surface area contributed by atoms with E-state index in [9.17, 15) is 0 Å². The van der Waals surface area contributed by atoms with Gasteiger partial charge in [0.1, 0.15) is 5.75 Å². The van der Waals surface area contributed by atoms with E-state index < -0.39 is 3.79 Å². The Morgan fingerprint density at radius 1 is 1.16 bits per heavy atom. The highest BCUT2D eigenvalue weighted by Gasteiger charge is 2.28. The summed E-state index contributed by atoms with van der Waals surface area (Å²) in [7, 11) is 5.63. The molecule has 0 saturated carbocycles. The third kappa shape index (κ3) is 6.15. The van der Waals surface area contributed by atoms with Crippen molar-refractivity contribution in [3.05, 3.63) is 30.1 Å². The lowest BCUT2D eigenvalue weighted by Crippen LogP contribution is -2.18. The minimum atomic E-state index is -1.74. The molecular weight excluding hydrogens is 385 g/mol. The SMILES string of the molecule is COc1cccc(-c2nc(NCCCN(C)C)nc(C(Cl)(Cl)Cl)n2)c1. The molecule has 0 aliphatic heterocycles. The molecule has 2 aromatic rings. The minimum Gasteiger partial charge on any atom is -0.497 e. The Hall–Kier alpha value is -1.34. The van der Waals surface area contributed by atoms with Crippen LogP contribution in [0.2, 0.25) is 0 Å². The molecule has 9 heteroatoms. The van der Waals surface area contributed by atoms with Crippen molar-refractivity contribution in [3.63, 3.8) is 0 Å². The second-order valence-electron chi connectivity index (χ2n) is 5.62. The van der Waals surface area contributed by atoms with Crippen LogP contribution in [-0.4, -0.2) is 54.1 Å². The lowest BCUT2D eigenvalue weighted by molar-refractivity contribution is 0.405. The van der Waals surface area contributed by atoms with Gasteiger partial charge in [0.15, 0.2) is 11.6 Å². The van der Waals surface area contributed by atoms with E-state index in [0.717, 1.165) is 18.5 Å². The van der Waals surface area contributed by atoms with Gasteiger partial charge in [-0.1, -0.05) is 46.9 Å². The topological polar surface area (TPSA) is 63.2 Å². The molecule has 1 heterocycles. The molecule has 0 aliphatic carbocycles. The van der Waals surface area contributed by atoms with Crippen molar-refractivity contribution in [2.75, 3.05) is 39.6 Å². The maximum atomic E-state index is 5.97. The van der Waals surface area contributed by atoms with Gasteiger partial charge in [-0.05, 0) is 39.2 Å². The number of aromatic nitrogens is 3. The second-order valence-corrected chi connectivity index (χ2v) is 7.90. The van der Waals surface area contributed by atoms with Crippen LogP contribution >= 0.6 is 34.8 Å². The van der Waals surface area contributed by atoms with Gasteiger partial charge in [-0.2, -0.15) is 9.97 Å². The molecule has 1 aromatic heterocycles. The molecule has 1 aromatic carbocycles. The Balaban J connectivity index is 2.30. The van der Waals surface area contributed by atoms with E-state index in [2.05, 4.69) is 25.2 Å². The molecule has 0 amide bonds. The predicted octanol–water partition coefficient (Wildman–Crippen LogP) is 3.74. The monoisotopic (exact) mass is 403 g/mol. The van der Waals surface area contributed by atoms with Crippen molar-refractivity contribution in [1.82, 2.24) is 19.9 Å². The molecule has 25 heavy (non-hydrogen) atoms. The van der Waals surface area contributed by atoms with Crippen molar-refractivity contribution in [3.8, 4) is 17.1 Å². The van der Waals surface area contributed by atoms with Crippen molar-refractivity contribution < 1.29 is 4.74 Å². The van der Waals surface area contributed by atoms with Gasteiger partial charge in [0.05, 0.1) is 7.11 Å². The summed E-state index contributed by atoms with van der Waals surface area (Å²) < 4.78 is 3.50. The quantitative estimate of drug-likeness (QED) is 0.560. The summed E-state index contributed by atoms with van der Waals surface area (Å²) in [6, 6.07) is 7.35. The van der Waals surface area contributed by atoms with Crippen LogP contribution < -0.4 is 10.1 Å². The number of benzene rings is 1. The Morgan fingerprint density at radius 2 is 1.92 bits per heavy atom.